The van der Waals surface area contributed by atoms with Gasteiger partial charge in [0.2, 0.25) is 0 Å². The lowest BCUT2D eigenvalue weighted by molar-refractivity contribution is 0.742. The summed E-state index contributed by atoms with van der Waals surface area (Å²) in [5.74, 6) is 0.858. The molecule has 0 atom stereocenters. The average molecular weight is 532 g/mol. The summed E-state index contributed by atoms with van der Waals surface area (Å²) in [4.78, 5) is 9.77. The lowest BCUT2D eigenvalue weighted by atomic mass is 10.1. The monoisotopic (exact) mass is 531 g/mol. The van der Waals surface area contributed by atoms with Crippen LogP contribution in [0.4, 0.5) is 0 Å². The molecule has 0 radical (unpaired) electrons. The number of nitrogens with one attached hydrogen (secondary N) is 2. The van der Waals surface area contributed by atoms with E-state index in [9.17, 15) is 0 Å². The summed E-state index contributed by atoms with van der Waals surface area (Å²) < 4.78 is 4.78. The molecule has 9 rings (SSSR count). The Morgan fingerprint density at radius 2 is 1.30 bits per heavy atom. The quantitative estimate of drug-likeness (QED) is 0.288. The Balaban J connectivity index is 1.41. The van der Waals surface area contributed by atoms with Crippen LogP contribution in [0.25, 0.3) is 64.3 Å². The molecule has 0 fully saturated rings. The third-order valence-corrected chi connectivity index (χ3v) is 9.12. The van der Waals surface area contributed by atoms with E-state index in [1.807, 2.05) is 11.3 Å². The van der Waals surface area contributed by atoms with Gasteiger partial charge in [-0.15, -0.1) is 11.3 Å². The molecule has 0 aliphatic carbocycles. The van der Waals surface area contributed by atoms with E-state index in [0.29, 0.717) is 0 Å². The fourth-order valence-electron chi connectivity index (χ4n) is 6.13. The van der Waals surface area contributed by atoms with Crippen LogP contribution in [0.5, 0.6) is 0 Å². The second kappa shape index (κ2) is 8.15. The highest BCUT2D eigenvalue weighted by molar-refractivity contribution is 7.26. The summed E-state index contributed by atoms with van der Waals surface area (Å²) in [5, 5.41) is 9.00. The highest BCUT2D eigenvalue weighted by Gasteiger charge is 2.21. The standard InChI is InChI=1S/C34H21N5S/c1-2-9-21-19-28-26(18-20(21)8-1)22-10-3-5-14-27(22)39(28)34-32-31(35-16-17-36-32)30(37-38-34)25-13-7-12-24-23-11-4-6-15-29(23)40-33(24)25/h1-19,37-38H. The van der Waals surface area contributed by atoms with Crippen LogP contribution in [0, 0.1) is 0 Å². The fraction of sp³-hybridized carbons (Fsp3) is 0. The number of hydrogen-bond donors (Lipinski definition) is 2. The molecule has 2 N–H and O–H groups in total. The number of para-hydroxylation sites is 1. The van der Waals surface area contributed by atoms with Gasteiger partial charge in [0.1, 0.15) is 10.7 Å². The maximum Gasteiger partial charge on any atom is 0.158 e. The zero-order valence-electron chi connectivity index (χ0n) is 21.2. The molecular weight excluding hydrogens is 510 g/mol. The Labute approximate surface area is 232 Å². The minimum absolute atomic E-state index is 0.810. The van der Waals surface area contributed by atoms with E-state index in [1.54, 1.807) is 12.4 Å². The molecule has 40 heavy (non-hydrogen) atoms. The third-order valence-electron chi connectivity index (χ3n) is 7.90. The van der Waals surface area contributed by atoms with Crippen LogP contribution in [0.2, 0.25) is 0 Å². The molecule has 0 amide bonds. The van der Waals surface area contributed by atoms with Gasteiger partial charge in [0.15, 0.2) is 5.82 Å². The minimum Gasteiger partial charge on any atom is -0.297 e. The molecule has 5 nitrogen and oxygen atoms in total. The van der Waals surface area contributed by atoms with Crippen LogP contribution in [0.3, 0.4) is 0 Å². The number of hydrazine groups is 1. The molecule has 1 aliphatic rings. The Bertz CT molecular complexity index is 2450. The zero-order chi connectivity index (χ0) is 26.2. The van der Waals surface area contributed by atoms with Crippen LogP contribution in [-0.2, 0) is 0 Å². The molecule has 1 aliphatic heterocycles. The predicted molar refractivity (Wildman–Crippen MR) is 165 cm³/mol. The molecule has 5 aromatic carbocycles. The lowest BCUT2D eigenvalue weighted by Gasteiger charge is -2.22. The summed E-state index contributed by atoms with van der Waals surface area (Å²) in [7, 11) is 0. The van der Waals surface area contributed by atoms with Crippen molar-refractivity contribution in [2.45, 2.75) is 0 Å². The first kappa shape index (κ1) is 21.7. The highest BCUT2D eigenvalue weighted by Crippen LogP contribution is 2.37. The number of rotatable bonds is 2. The molecule has 188 valence electrons. The SMILES string of the molecule is c1ccc2cc3c(cc2c1)c1ccccc1n3C1=c2nccnc2=C(c2cccc3c2sc2ccccc23)NN1. The van der Waals surface area contributed by atoms with Gasteiger partial charge in [-0.2, -0.15) is 0 Å². The van der Waals surface area contributed by atoms with E-state index < -0.39 is 0 Å². The molecule has 0 bridgehead atoms. The summed E-state index contributed by atoms with van der Waals surface area (Å²) in [6.45, 7) is 0. The van der Waals surface area contributed by atoms with Gasteiger partial charge in [-0.3, -0.25) is 20.4 Å². The van der Waals surface area contributed by atoms with Gasteiger partial charge in [-0.25, -0.2) is 4.98 Å². The summed E-state index contributed by atoms with van der Waals surface area (Å²) >= 11 is 1.81. The first-order valence-electron chi connectivity index (χ1n) is 13.3. The topological polar surface area (TPSA) is 54.8 Å². The summed E-state index contributed by atoms with van der Waals surface area (Å²) in [6, 6.07) is 36.7. The van der Waals surface area contributed by atoms with E-state index in [0.717, 1.165) is 38.8 Å². The van der Waals surface area contributed by atoms with Gasteiger partial charge in [0.05, 0.1) is 16.7 Å². The van der Waals surface area contributed by atoms with Crippen LogP contribution >= 0.6 is 11.3 Å². The van der Waals surface area contributed by atoms with Gasteiger partial charge in [-0.05, 0) is 35.0 Å². The Morgan fingerprint density at radius 3 is 2.20 bits per heavy atom. The fourth-order valence-corrected chi connectivity index (χ4v) is 7.35. The second-order valence-electron chi connectivity index (χ2n) is 10.1. The van der Waals surface area contributed by atoms with E-state index in [4.69, 9.17) is 9.97 Å². The van der Waals surface area contributed by atoms with Gasteiger partial charge in [0, 0.05) is 48.9 Å². The molecule has 6 heteroatoms. The van der Waals surface area contributed by atoms with Crippen molar-refractivity contribution in [2.75, 3.05) is 0 Å². The van der Waals surface area contributed by atoms with Crippen molar-refractivity contribution in [1.82, 2.24) is 25.4 Å². The highest BCUT2D eigenvalue weighted by atomic mass is 32.1. The van der Waals surface area contributed by atoms with Crippen molar-refractivity contribution in [2.24, 2.45) is 0 Å². The van der Waals surface area contributed by atoms with Gasteiger partial charge in [-0.1, -0.05) is 78.9 Å². The Hall–Kier alpha value is -5.20. The minimum atomic E-state index is 0.810. The van der Waals surface area contributed by atoms with E-state index in [2.05, 4.69) is 119 Å². The van der Waals surface area contributed by atoms with Crippen molar-refractivity contribution >= 4 is 75.6 Å². The van der Waals surface area contributed by atoms with E-state index in [-0.39, 0.29) is 0 Å². The van der Waals surface area contributed by atoms with Crippen molar-refractivity contribution in [3.63, 3.8) is 0 Å². The summed E-state index contributed by atoms with van der Waals surface area (Å²) in [5.41, 5.74) is 11.4. The molecule has 0 spiro atoms. The lowest BCUT2D eigenvalue weighted by Crippen LogP contribution is -2.51. The smallest absolute Gasteiger partial charge is 0.158 e. The number of thiophene rings is 1. The number of benzene rings is 5. The molecule has 0 saturated carbocycles. The first-order chi connectivity index (χ1) is 19.8. The molecule has 8 aromatic rings. The van der Waals surface area contributed by atoms with Crippen LogP contribution < -0.4 is 21.5 Å². The maximum atomic E-state index is 4.89. The summed E-state index contributed by atoms with van der Waals surface area (Å²) in [6.07, 6.45) is 3.54. The number of nitrogens with zero attached hydrogens (tertiary/aromatic N) is 3. The van der Waals surface area contributed by atoms with Crippen LogP contribution in [0.1, 0.15) is 5.56 Å². The van der Waals surface area contributed by atoms with E-state index in [1.165, 1.54) is 41.7 Å². The van der Waals surface area contributed by atoms with Crippen molar-refractivity contribution < 1.29 is 0 Å². The average Bonchev–Trinajstić information content (AvgIpc) is 3.55. The molecule has 0 saturated heterocycles. The van der Waals surface area contributed by atoms with Crippen LogP contribution in [-0.4, -0.2) is 14.5 Å². The van der Waals surface area contributed by atoms with Crippen molar-refractivity contribution in [1.29, 1.82) is 0 Å². The molecule has 0 unspecified atom stereocenters. The molecular formula is C34H21N5S. The molecule has 4 heterocycles. The number of hydrogen-bond acceptors (Lipinski definition) is 5. The predicted octanol–water partition coefficient (Wildman–Crippen LogP) is 5.98. The van der Waals surface area contributed by atoms with Gasteiger partial charge >= 0.3 is 0 Å². The van der Waals surface area contributed by atoms with Gasteiger partial charge in [0.25, 0.3) is 0 Å². The van der Waals surface area contributed by atoms with Crippen molar-refractivity contribution in [3.05, 3.63) is 132 Å². The number of aromatic nitrogens is 3. The zero-order valence-corrected chi connectivity index (χ0v) is 22.0. The Morgan fingerprint density at radius 1 is 0.575 bits per heavy atom. The third kappa shape index (κ3) is 2.96. The second-order valence-corrected chi connectivity index (χ2v) is 11.1. The van der Waals surface area contributed by atoms with E-state index >= 15 is 0 Å². The van der Waals surface area contributed by atoms with Crippen LogP contribution in [0.15, 0.2) is 116 Å². The largest absolute Gasteiger partial charge is 0.297 e. The van der Waals surface area contributed by atoms with Gasteiger partial charge < -0.3 is 0 Å². The Kier molecular flexibility index (Phi) is 4.42. The normalized spacial score (nSPS) is 13.3. The molecule has 3 aromatic heterocycles. The first-order valence-corrected chi connectivity index (χ1v) is 14.1. The van der Waals surface area contributed by atoms with Crippen molar-refractivity contribution in [3.8, 4) is 0 Å². The number of fused-ring (bicyclic) bond motifs is 8. The maximum absolute atomic E-state index is 4.89.